The lowest BCUT2D eigenvalue weighted by molar-refractivity contribution is -0.119. The molecule has 178 valence electrons. The third-order valence-corrected chi connectivity index (χ3v) is 5.74. The molecule has 4 N–H and O–H groups in total. The van der Waals surface area contributed by atoms with Crippen molar-refractivity contribution in [1.29, 1.82) is 0 Å². The summed E-state index contributed by atoms with van der Waals surface area (Å²) in [4.78, 5) is 37.7. The minimum Gasteiger partial charge on any atom is -0.503 e. The van der Waals surface area contributed by atoms with Gasteiger partial charge in [0.2, 0.25) is 5.91 Å². The second kappa shape index (κ2) is 9.38. The molecule has 1 atom stereocenters. The number of benzene rings is 3. The zero-order valence-electron chi connectivity index (χ0n) is 18.6. The van der Waals surface area contributed by atoms with Crippen LogP contribution in [-0.4, -0.2) is 29.4 Å². The van der Waals surface area contributed by atoms with Crippen LogP contribution >= 0.6 is 0 Å². The van der Waals surface area contributed by atoms with Gasteiger partial charge in [-0.25, -0.2) is 8.78 Å². The molecule has 4 rings (SSSR count). The van der Waals surface area contributed by atoms with Gasteiger partial charge in [-0.1, -0.05) is 30.3 Å². The van der Waals surface area contributed by atoms with Crippen LogP contribution in [0.25, 0.3) is 11.1 Å². The Morgan fingerprint density at radius 3 is 2.40 bits per heavy atom. The van der Waals surface area contributed by atoms with Crippen molar-refractivity contribution in [3.63, 3.8) is 0 Å². The molecule has 0 aliphatic carbocycles. The van der Waals surface area contributed by atoms with E-state index in [4.69, 9.17) is 5.73 Å². The van der Waals surface area contributed by atoms with E-state index in [1.165, 1.54) is 0 Å². The summed E-state index contributed by atoms with van der Waals surface area (Å²) in [5.74, 6) is -4.80. The Morgan fingerprint density at radius 2 is 1.71 bits per heavy atom. The molecule has 3 amide bonds. The van der Waals surface area contributed by atoms with E-state index in [0.29, 0.717) is 11.6 Å². The van der Waals surface area contributed by atoms with Crippen molar-refractivity contribution in [2.24, 2.45) is 5.73 Å². The number of amides is 3. The van der Waals surface area contributed by atoms with Crippen molar-refractivity contribution in [1.82, 2.24) is 5.32 Å². The van der Waals surface area contributed by atoms with Gasteiger partial charge in [-0.15, -0.1) is 0 Å². The number of hydrogen-bond donors (Lipinski definition) is 3. The molecular formula is C26H21F2N3O4. The Bertz CT molecular complexity index is 1390. The third-order valence-electron chi connectivity index (χ3n) is 5.74. The fourth-order valence-electron chi connectivity index (χ4n) is 3.84. The maximum atomic E-state index is 14.1. The first-order valence-electron chi connectivity index (χ1n) is 10.7. The summed E-state index contributed by atoms with van der Waals surface area (Å²) in [6.45, 7) is 1.36. The van der Waals surface area contributed by atoms with Gasteiger partial charge < -0.3 is 16.2 Å². The maximum absolute atomic E-state index is 14.1. The smallest absolute Gasteiger partial charge is 0.294 e. The van der Waals surface area contributed by atoms with Crippen LogP contribution in [0.4, 0.5) is 14.5 Å². The number of aliphatic hydroxyl groups excluding tert-OH is 1. The molecule has 1 unspecified atom stereocenters. The average molecular weight is 477 g/mol. The van der Waals surface area contributed by atoms with E-state index in [2.05, 4.69) is 5.32 Å². The normalized spacial score (nSPS) is 14.3. The highest BCUT2D eigenvalue weighted by Gasteiger charge is 2.36. The second-order valence-corrected chi connectivity index (χ2v) is 8.08. The molecule has 0 bridgehead atoms. The number of carbonyl (C=O) groups excluding carboxylic acids is 3. The SMILES string of the molecule is CC(NC(=O)C1=C(O)C(=O)N(c2ccc(F)cc2F)C1)c1cccc(-c2cccc(C(N)=O)c2)c1. The largest absolute Gasteiger partial charge is 0.503 e. The Balaban J connectivity index is 1.51. The Labute approximate surface area is 199 Å². The summed E-state index contributed by atoms with van der Waals surface area (Å²) in [7, 11) is 0. The van der Waals surface area contributed by atoms with Crippen molar-refractivity contribution >= 4 is 23.4 Å². The molecule has 0 saturated carbocycles. The Morgan fingerprint density at radius 1 is 1.03 bits per heavy atom. The van der Waals surface area contributed by atoms with Crippen LogP contribution in [-0.2, 0) is 9.59 Å². The molecule has 1 heterocycles. The van der Waals surface area contributed by atoms with Gasteiger partial charge in [0.05, 0.1) is 23.8 Å². The molecule has 1 aliphatic rings. The lowest BCUT2D eigenvalue weighted by Crippen LogP contribution is -2.32. The van der Waals surface area contributed by atoms with Crippen LogP contribution in [0.5, 0.6) is 0 Å². The molecule has 0 radical (unpaired) electrons. The topological polar surface area (TPSA) is 113 Å². The average Bonchev–Trinajstić information content (AvgIpc) is 3.13. The molecule has 3 aromatic rings. The minimum absolute atomic E-state index is 0.226. The third kappa shape index (κ3) is 4.74. The molecule has 3 aromatic carbocycles. The van der Waals surface area contributed by atoms with Crippen molar-refractivity contribution in [2.75, 3.05) is 11.4 Å². The molecule has 35 heavy (non-hydrogen) atoms. The van der Waals surface area contributed by atoms with Crippen LogP contribution < -0.4 is 16.0 Å². The van der Waals surface area contributed by atoms with Crippen LogP contribution in [0.15, 0.2) is 78.1 Å². The lowest BCUT2D eigenvalue weighted by Gasteiger charge is -2.18. The molecule has 0 spiro atoms. The van der Waals surface area contributed by atoms with Gasteiger partial charge in [-0.05, 0) is 53.9 Å². The molecule has 7 nitrogen and oxygen atoms in total. The van der Waals surface area contributed by atoms with Crippen molar-refractivity contribution in [3.8, 4) is 11.1 Å². The number of carbonyl (C=O) groups is 3. The number of primary amides is 1. The van der Waals surface area contributed by atoms with Gasteiger partial charge in [-0.2, -0.15) is 0 Å². The number of nitrogens with zero attached hydrogens (tertiary/aromatic N) is 1. The van der Waals surface area contributed by atoms with Gasteiger partial charge in [0.1, 0.15) is 11.6 Å². The fraction of sp³-hybridized carbons (Fsp3) is 0.115. The number of rotatable bonds is 6. The first-order chi connectivity index (χ1) is 16.7. The highest BCUT2D eigenvalue weighted by molar-refractivity contribution is 6.14. The number of nitrogens with one attached hydrogen (secondary N) is 1. The zero-order valence-corrected chi connectivity index (χ0v) is 18.6. The second-order valence-electron chi connectivity index (χ2n) is 8.08. The Kier molecular flexibility index (Phi) is 6.33. The number of anilines is 1. The maximum Gasteiger partial charge on any atom is 0.294 e. The highest BCUT2D eigenvalue weighted by atomic mass is 19.1. The van der Waals surface area contributed by atoms with E-state index in [1.807, 2.05) is 18.2 Å². The fourth-order valence-corrected chi connectivity index (χ4v) is 3.84. The monoisotopic (exact) mass is 477 g/mol. The van der Waals surface area contributed by atoms with Crippen LogP contribution in [0, 0.1) is 11.6 Å². The van der Waals surface area contributed by atoms with Crippen LogP contribution in [0.2, 0.25) is 0 Å². The van der Waals surface area contributed by atoms with Crippen molar-refractivity contribution in [2.45, 2.75) is 13.0 Å². The van der Waals surface area contributed by atoms with E-state index >= 15 is 0 Å². The molecule has 0 aromatic heterocycles. The summed E-state index contributed by atoms with van der Waals surface area (Å²) >= 11 is 0. The molecule has 1 aliphatic heterocycles. The number of aliphatic hydroxyl groups is 1. The summed E-state index contributed by atoms with van der Waals surface area (Å²) in [5.41, 5.74) is 7.54. The van der Waals surface area contributed by atoms with E-state index in [-0.39, 0.29) is 17.8 Å². The van der Waals surface area contributed by atoms with Gasteiger partial charge in [0, 0.05) is 11.6 Å². The zero-order chi connectivity index (χ0) is 25.3. The molecular weight excluding hydrogens is 456 g/mol. The predicted octanol–water partition coefficient (Wildman–Crippen LogP) is 3.77. The molecule has 0 fully saturated rings. The van der Waals surface area contributed by atoms with Gasteiger partial charge in [-0.3, -0.25) is 19.3 Å². The summed E-state index contributed by atoms with van der Waals surface area (Å²) in [6, 6.07) is 16.2. The van der Waals surface area contributed by atoms with Crippen LogP contribution in [0.3, 0.4) is 0 Å². The van der Waals surface area contributed by atoms with E-state index in [1.54, 1.807) is 37.3 Å². The Hall–Kier alpha value is -4.53. The summed E-state index contributed by atoms with van der Waals surface area (Å²) in [5, 5.41) is 13.0. The standard InChI is InChI=1S/C26H21F2N3O4/c1-14(15-4-2-5-16(10-15)17-6-3-7-18(11-17)24(29)33)30-25(34)20-13-31(26(35)23(20)32)22-9-8-19(27)12-21(22)28/h2-12,14,32H,13H2,1H3,(H2,29,33)(H,30,34). The van der Waals surface area contributed by atoms with Gasteiger partial charge in [0.15, 0.2) is 5.76 Å². The molecule has 0 saturated heterocycles. The van der Waals surface area contributed by atoms with Gasteiger partial charge in [0.25, 0.3) is 11.8 Å². The lowest BCUT2D eigenvalue weighted by atomic mass is 9.98. The summed E-state index contributed by atoms with van der Waals surface area (Å²) < 4.78 is 27.4. The predicted molar refractivity (Wildman–Crippen MR) is 125 cm³/mol. The molecule has 9 heteroatoms. The number of hydrogen-bond acceptors (Lipinski definition) is 4. The highest BCUT2D eigenvalue weighted by Crippen LogP contribution is 2.29. The van der Waals surface area contributed by atoms with Crippen molar-refractivity contribution in [3.05, 3.63) is 101 Å². The van der Waals surface area contributed by atoms with E-state index < -0.39 is 41.2 Å². The first kappa shape index (κ1) is 23.6. The number of halogens is 2. The number of nitrogens with two attached hydrogens (primary N) is 1. The quantitative estimate of drug-likeness (QED) is 0.502. The van der Waals surface area contributed by atoms with Crippen LogP contribution in [0.1, 0.15) is 28.9 Å². The first-order valence-corrected chi connectivity index (χ1v) is 10.7. The van der Waals surface area contributed by atoms with E-state index in [9.17, 15) is 28.3 Å². The van der Waals surface area contributed by atoms with E-state index in [0.717, 1.165) is 33.7 Å². The minimum atomic E-state index is -0.988. The summed E-state index contributed by atoms with van der Waals surface area (Å²) in [6.07, 6.45) is 0. The van der Waals surface area contributed by atoms with Gasteiger partial charge >= 0.3 is 0 Å². The van der Waals surface area contributed by atoms with Crippen molar-refractivity contribution < 1.29 is 28.3 Å².